The maximum Gasteiger partial charge on any atom is 0.236 e. The van der Waals surface area contributed by atoms with Gasteiger partial charge in [0.15, 0.2) is 22.8 Å². The summed E-state index contributed by atoms with van der Waals surface area (Å²) < 4.78 is 20.0. The van der Waals surface area contributed by atoms with E-state index < -0.39 is 10.9 Å². The highest BCUT2D eigenvalue weighted by Crippen LogP contribution is 2.19. The van der Waals surface area contributed by atoms with E-state index in [9.17, 15) is 9.59 Å². The van der Waals surface area contributed by atoms with Crippen molar-refractivity contribution in [2.75, 3.05) is 0 Å². The second kappa shape index (κ2) is 6.39. The molecule has 4 aromatic heterocycles. The van der Waals surface area contributed by atoms with Gasteiger partial charge in [-0.3, -0.25) is 9.59 Å². The number of aryl methyl sites for hydroxylation is 2. The minimum absolute atomic E-state index is 0.000286. The third-order valence-electron chi connectivity index (χ3n) is 3.99. The molecule has 0 saturated heterocycles. The molecule has 130 valence electrons. The highest BCUT2D eigenvalue weighted by Gasteiger charge is 2.21. The fourth-order valence-corrected chi connectivity index (χ4v) is 3.74. The molecule has 0 atom stereocenters. The second-order valence-electron chi connectivity index (χ2n) is 5.59. The molecular weight excluding hydrogens is 372 g/mol. The molecule has 0 unspecified atom stereocenters. The van der Waals surface area contributed by atoms with Gasteiger partial charge in [-0.15, -0.1) is 0 Å². The highest BCUT2D eigenvalue weighted by molar-refractivity contribution is 6.99. The van der Waals surface area contributed by atoms with E-state index in [1.807, 2.05) is 38.6 Å². The Morgan fingerprint density at radius 2 is 1.08 bits per heavy atom. The summed E-state index contributed by atoms with van der Waals surface area (Å²) in [7, 11) is 3.64. The molecule has 0 aliphatic rings. The van der Waals surface area contributed by atoms with E-state index in [0.29, 0.717) is 11.4 Å². The Balaban J connectivity index is 1.93. The van der Waals surface area contributed by atoms with Crippen molar-refractivity contribution in [3.63, 3.8) is 0 Å². The number of hydrogen-bond acceptors (Lipinski definition) is 8. The quantitative estimate of drug-likeness (QED) is 0.534. The Bertz CT molecular complexity index is 1120. The van der Waals surface area contributed by atoms with E-state index in [-0.39, 0.29) is 22.8 Å². The number of nitrogens with zero attached hydrogens (tertiary/aromatic N) is 6. The van der Waals surface area contributed by atoms with Crippen molar-refractivity contribution >= 4 is 23.5 Å². The molecule has 0 aromatic carbocycles. The molecule has 4 rings (SSSR count). The molecule has 0 bridgehead atoms. The zero-order chi connectivity index (χ0) is 18.3. The van der Waals surface area contributed by atoms with Gasteiger partial charge < -0.3 is 9.13 Å². The van der Waals surface area contributed by atoms with Gasteiger partial charge in [0.25, 0.3) is 0 Å². The van der Waals surface area contributed by atoms with E-state index in [1.165, 1.54) is 0 Å². The van der Waals surface area contributed by atoms with Gasteiger partial charge in [0, 0.05) is 26.5 Å². The summed E-state index contributed by atoms with van der Waals surface area (Å²) in [5, 5.41) is 0. The summed E-state index contributed by atoms with van der Waals surface area (Å²) in [5.41, 5.74) is 0.954. The average Bonchev–Trinajstić information content (AvgIpc) is 3.24. The van der Waals surface area contributed by atoms with E-state index in [4.69, 9.17) is 0 Å². The van der Waals surface area contributed by atoms with Crippen LogP contribution < -0.4 is 10.9 Å². The van der Waals surface area contributed by atoms with E-state index >= 15 is 0 Å². The Labute approximate surface area is 155 Å². The van der Waals surface area contributed by atoms with Crippen LogP contribution in [0.25, 0.3) is 34.2 Å². The van der Waals surface area contributed by atoms with Crippen molar-refractivity contribution < 1.29 is 0 Å². The maximum absolute atomic E-state index is 12.9. The molecule has 0 amide bonds. The molecule has 4 aromatic rings. The summed E-state index contributed by atoms with van der Waals surface area (Å²) in [4.78, 5) is 25.8. The molecule has 0 fully saturated rings. The van der Waals surface area contributed by atoms with Crippen LogP contribution in [0.1, 0.15) is 0 Å². The Morgan fingerprint density at radius 3 is 1.42 bits per heavy atom. The monoisotopic (exact) mass is 384 g/mol. The third-order valence-corrected chi connectivity index (χ3v) is 5.04. The second-order valence-corrected chi connectivity index (χ2v) is 6.65. The van der Waals surface area contributed by atoms with Gasteiger partial charge in [0.2, 0.25) is 10.9 Å². The standard InChI is InChI=1S/C16H12N6O2S2/c1-21-7-3-5-9(21)11-15(23)13(19-25-17-11)14-16(24)12(18-26-20-14)10-6-4-8-22(10)2/h3-8H,1-2H3. The van der Waals surface area contributed by atoms with Crippen LogP contribution in [0.2, 0.25) is 0 Å². The summed E-state index contributed by atoms with van der Waals surface area (Å²) in [5.74, 6) is 0. The number of rotatable bonds is 3. The van der Waals surface area contributed by atoms with E-state index in [1.54, 1.807) is 21.3 Å². The lowest BCUT2D eigenvalue weighted by Crippen LogP contribution is -2.19. The zero-order valence-corrected chi connectivity index (χ0v) is 15.4. The molecule has 0 saturated carbocycles. The molecule has 0 aliphatic carbocycles. The first-order chi connectivity index (χ1) is 12.6. The normalized spacial score (nSPS) is 11.0. The summed E-state index contributed by atoms with van der Waals surface area (Å²) in [6, 6.07) is 7.22. The van der Waals surface area contributed by atoms with Gasteiger partial charge in [-0.05, 0) is 24.3 Å². The molecule has 0 spiro atoms. The van der Waals surface area contributed by atoms with Crippen molar-refractivity contribution in [3.8, 4) is 34.2 Å². The number of aromatic nitrogens is 6. The SMILES string of the molecule is Cn1cccc1-c1nsnc(-c2nsnc(-c3cccn3C)c2=O)c1=O. The van der Waals surface area contributed by atoms with Gasteiger partial charge in [-0.2, -0.15) is 17.5 Å². The third kappa shape index (κ3) is 2.59. The van der Waals surface area contributed by atoms with Crippen molar-refractivity contribution in [1.29, 1.82) is 0 Å². The van der Waals surface area contributed by atoms with E-state index in [0.717, 1.165) is 23.5 Å². The van der Waals surface area contributed by atoms with Crippen LogP contribution >= 0.6 is 23.5 Å². The molecule has 0 N–H and O–H groups in total. The van der Waals surface area contributed by atoms with Crippen LogP contribution in [0.5, 0.6) is 0 Å². The van der Waals surface area contributed by atoms with Crippen molar-refractivity contribution in [1.82, 2.24) is 26.6 Å². The van der Waals surface area contributed by atoms with E-state index in [2.05, 4.69) is 17.5 Å². The van der Waals surface area contributed by atoms with Gasteiger partial charge in [-0.1, -0.05) is 0 Å². The van der Waals surface area contributed by atoms with Gasteiger partial charge in [-0.25, -0.2) is 0 Å². The molecule has 0 aliphatic heterocycles. The molecular formula is C16H12N6O2S2. The fraction of sp³-hybridized carbons (Fsp3) is 0.125. The summed E-state index contributed by atoms with van der Waals surface area (Å²) >= 11 is 1.75. The predicted octanol–water partition coefficient (Wildman–Crippen LogP) is 1.79. The molecule has 4 heterocycles. The number of hydrogen-bond donors (Lipinski definition) is 0. The molecule has 0 radical (unpaired) electrons. The van der Waals surface area contributed by atoms with Crippen LogP contribution in [0.15, 0.2) is 46.2 Å². The lowest BCUT2D eigenvalue weighted by molar-refractivity contribution is 0.930. The smallest absolute Gasteiger partial charge is 0.236 e. The van der Waals surface area contributed by atoms with Crippen LogP contribution in [0.3, 0.4) is 0 Å². The topological polar surface area (TPSA) is 95.6 Å². The minimum Gasteiger partial charge on any atom is -0.349 e. The van der Waals surface area contributed by atoms with Crippen molar-refractivity contribution in [3.05, 3.63) is 57.1 Å². The lowest BCUT2D eigenvalue weighted by Gasteiger charge is -2.04. The first kappa shape index (κ1) is 16.5. The van der Waals surface area contributed by atoms with Gasteiger partial charge in [0.1, 0.15) is 0 Å². The zero-order valence-electron chi connectivity index (χ0n) is 13.8. The van der Waals surface area contributed by atoms with Crippen LogP contribution in [-0.2, 0) is 14.1 Å². The first-order valence-electron chi connectivity index (χ1n) is 7.55. The molecule has 10 heteroatoms. The van der Waals surface area contributed by atoms with Crippen LogP contribution in [0, 0.1) is 0 Å². The summed E-state index contributed by atoms with van der Waals surface area (Å²) in [6.45, 7) is 0. The average molecular weight is 384 g/mol. The molecule has 26 heavy (non-hydrogen) atoms. The molecule has 8 nitrogen and oxygen atoms in total. The predicted molar refractivity (Wildman–Crippen MR) is 100 cm³/mol. The largest absolute Gasteiger partial charge is 0.349 e. The van der Waals surface area contributed by atoms with Crippen molar-refractivity contribution in [2.24, 2.45) is 14.1 Å². The summed E-state index contributed by atoms with van der Waals surface area (Å²) in [6.07, 6.45) is 3.64. The Hall–Kier alpha value is -2.98. The van der Waals surface area contributed by atoms with Crippen LogP contribution in [-0.4, -0.2) is 26.6 Å². The fourth-order valence-electron chi connectivity index (χ4n) is 2.64. The van der Waals surface area contributed by atoms with Gasteiger partial charge >= 0.3 is 0 Å². The first-order valence-corrected chi connectivity index (χ1v) is 9.01. The Morgan fingerprint density at radius 1 is 0.692 bits per heavy atom. The van der Waals surface area contributed by atoms with Crippen molar-refractivity contribution in [2.45, 2.75) is 0 Å². The highest BCUT2D eigenvalue weighted by atomic mass is 32.1. The van der Waals surface area contributed by atoms with Crippen LogP contribution in [0.4, 0.5) is 0 Å². The lowest BCUT2D eigenvalue weighted by atomic mass is 10.2. The Kier molecular flexibility index (Phi) is 4.05. The minimum atomic E-state index is -0.425. The van der Waals surface area contributed by atoms with Gasteiger partial charge in [0.05, 0.1) is 34.8 Å². The maximum atomic E-state index is 12.9.